The highest BCUT2D eigenvalue weighted by Gasteiger charge is 2.28. The quantitative estimate of drug-likeness (QED) is 0.266. The normalized spacial score (nSPS) is 16.8. The van der Waals surface area contributed by atoms with Gasteiger partial charge in [-0.25, -0.2) is 0 Å². The minimum absolute atomic E-state index is 0.0436. The lowest BCUT2D eigenvalue weighted by Crippen LogP contribution is -2.22. The molecule has 0 aliphatic heterocycles. The fraction of sp³-hybridized carbons (Fsp3) is 0.400. The monoisotopic (exact) mass is 396 g/mol. The molecular formula is C25H29ClO2. The van der Waals surface area contributed by atoms with Crippen LogP contribution in [0.5, 0.6) is 0 Å². The molecule has 148 valence electrons. The van der Waals surface area contributed by atoms with Crippen molar-refractivity contribution in [2.45, 2.75) is 44.9 Å². The number of carbonyl (C=O) groups excluding carboxylic acids is 1. The van der Waals surface area contributed by atoms with Gasteiger partial charge < -0.3 is 4.74 Å². The van der Waals surface area contributed by atoms with Crippen molar-refractivity contribution in [2.24, 2.45) is 5.92 Å². The van der Waals surface area contributed by atoms with Crippen molar-refractivity contribution in [3.63, 3.8) is 0 Å². The van der Waals surface area contributed by atoms with E-state index in [9.17, 15) is 4.79 Å². The van der Waals surface area contributed by atoms with Crippen LogP contribution in [-0.2, 0) is 9.53 Å². The van der Waals surface area contributed by atoms with Crippen LogP contribution in [0, 0.1) is 5.92 Å². The number of allylic oxidation sites excluding steroid dienone is 2. The number of hydrogen-bond acceptors (Lipinski definition) is 2. The summed E-state index contributed by atoms with van der Waals surface area (Å²) >= 11 is 5.70. The Kier molecular flexibility index (Phi) is 8.17. The summed E-state index contributed by atoms with van der Waals surface area (Å²) in [5.41, 5.74) is 5.10. The molecule has 1 aliphatic rings. The van der Waals surface area contributed by atoms with Crippen LogP contribution in [0.15, 0.2) is 60.7 Å². The smallest absolute Gasteiger partial charge is 0.309 e. The molecule has 0 fully saturated rings. The molecule has 1 atom stereocenters. The minimum Gasteiger partial charge on any atom is -0.465 e. The number of benzene rings is 2. The highest BCUT2D eigenvalue weighted by molar-refractivity contribution is 6.17. The molecule has 0 heterocycles. The van der Waals surface area contributed by atoms with E-state index in [2.05, 4.69) is 48.5 Å². The van der Waals surface area contributed by atoms with Gasteiger partial charge in [0.15, 0.2) is 0 Å². The van der Waals surface area contributed by atoms with Gasteiger partial charge >= 0.3 is 5.97 Å². The van der Waals surface area contributed by atoms with Crippen molar-refractivity contribution in [3.8, 4) is 0 Å². The third-order valence-corrected chi connectivity index (χ3v) is 5.67. The van der Waals surface area contributed by atoms with Gasteiger partial charge in [0.2, 0.25) is 0 Å². The Labute approximate surface area is 173 Å². The first-order valence-corrected chi connectivity index (χ1v) is 10.9. The molecule has 1 aliphatic carbocycles. The van der Waals surface area contributed by atoms with Crippen LogP contribution in [0.3, 0.4) is 0 Å². The average Bonchev–Trinajstić information content (AvgIpc) is 2.77. The second kappa shape index (κ2) is 11.1. The molecule has 0 N–H and O–H groups in total. The molecule has 2 aromatic carbocycles. The zero-order valence-corrected chi connectivity index (χ0v) is 17.2. The molecule has 3 rings (SSSR count). The van der Waals surface area contributed by atoms with Gasteiger partial charge in [0.05, 0.1) is 12.5 Å². The Morgan fingerprint density at radius 2 is 1.46 bits per heavy atom. The SMILES string of the molecule is O=C(OCCCCCCCl)C1CCC(c2ccccc2)=C(c2ccccc2)C1. The van der Waals surface area contributed by atoms with E-state index in [0.29, 0.717) is 12.5 Å². The number of carbonyl (C=O) groups is 1. The largest absolute Gasteiger partial charge is 0.465 e. The van der Waals surface area contributed by atoms with Crippen molar-refractivity contribution in [1.82, 2.24) is 0 Å². The van der Waals surface area contributed by atoms with E-state index in [1.54, 1.807) is 0 Å². The Bertz CT molecular complexity index is 768. The van der Waals surface area contributed by atoms with Gasteiger partial charge in [0.1, 0.15) is 0 Å². The molecule has 2 nitrogen and oxygen atoms in total. The lowest BCUT2D eigenvalue weighted by molar-refractivity contribution is -0.148. The van der Waals surface area contributed by atoms with Gasteiger partial charge in [0.25, 0.3) is 0 Å². The molecule has 1 unspecified atom stereocenters. The van der Waals surface area contributed by atoms with E-state index in [1.807, 2.05) is 12.1 Å². The van der Waals surface area contributed by atoms with Crippen molar-refractivity contribution >= 4 is 28.7 Å². The molecule has 3 heteroatoms. The molecule has 0 spiro atoms. The van der Waals surface area contributed by atoms with Gasteiger partial charge in [0, 0.05) is 5.88 Å². The number of ether oxygens (including phenoxy) is 1. The predicted molar refractivity (Wildman–Crippen MR) is 117 cm³/mol. The number of hydrogen-bond donors (Lipinski definition) is 0. The maximum Gasteiger partial charge on any atom is 0.309 e. The first-order valence-electron chi connectivity index (χ1n) is 10.3. The highest BCUT2D eigenvalue weighted by atomic mass is 35.5. The van der Waals surface area contributed by atoms with Crippen molar-refractivity contribution < 1.29 is 9.53 Å². The van der Waals surface area contributed by atoms with Crippen LogP contribution >= 0.6 is 11.6 Å². The average molecular weight is 397 g/mol. The molecule has 2 aromatic rings. The van der Waals surface area contributed by atoms with Crippen LogP contribution in [0.4, 0.5) is 0 Å². The first kappa shape index (κ1) is 20.7. The van der Waals surface area contributed by atoms with E-state index in [-0.39, 0.29) is 11.9 Å². The lowest BCUT2D eigenvalue weighted by atomic mass is 9.78. The topological polar surface area (TPSA) is 26.3 Å². The van der Waals surface area contributed by atoms with Crippen molar-refractivity contribution in [2.75, 3.05) is 12.5 Å². The van der Waals surface area contributed by atoms with Crippen LogP contribution in [-0.4, -0.2) is 18.5 Å². The highest BCUT2D eigenvalue weighted by Crippen LogP contribution is 2.41. The second-order valence-corrected chi connectivity index (χ2v) is 7.78. The maximum atomic E-state index is 12.6. The summed E-state index contributed by atoms with van der Waals surface area (Å²) in [5.74, 6) is 0.614. The van der Waals surface area contributed by atoms with Crippen LogP contribution < -0.4 is 0 Å². The van der Waals surface area contributed by atoms with E-state index in [4.69, 9.17) is 16.3 Å². The molecule has 0 saturated carbocycles. The summed E-state index contributed by atoms with van der Waals surface area (Å²) < 4.78 is 5.59. The molecule has 0 amide bonds. The number of esters is 1. The van der Waals surface area contributed by atoms with Crippen LogP contribution in [0.2, 0.25) is 0 Å². The van der Waals surface area contributed by atoms with Gasteiger partial charge in [-0.1, -0.05) is 73.5 Å². The van der Waals surface area contributed by atoms with Gasteiger partial charge in [-0.2, -0.15) is 0 Å². The third kappa shape index (κ3) is 5.72. The summed E-state index contributed by atoms with van der Waals surface area (Å²) in [7, 11) is 0. The number of rotatable bonds is 9. The zero-order valence-electron chi connectivity index (χ0n) is 16.4. The maximum absolute atomic E-state index is 12.6. The van der Waals surface area contributed by atoms with Crippen molar-refractivity contribution in [3.05, 3.63) is 71.8 Å². The van der Waals surface area contributed by atoms with Gasteiger partial charge in [-0.3, -0.25) is 4.79 Å². The first-order chi connectivity index (χ1) is 13.8. The van der Waals surface area contributed by atoms with Gasteiger partial charge in [-0.15, -0.1) is 11.6 Å². The lowest BCUT2D eigenvalue weighted by Gasteiger charge is -2.27. The summed E-state index contributed by atoms with van der Waals surface area (Å²) in [6.07, 6.45) is 6.64. The van der Waals surface area contributed by atoms with E-state index < -0.39 is 0 Å². The summed E-state index contributed by atoms with van der Waals surface area (Å²) in [4.78, 5) is 12.6. The third-order valence-electron chi connectivity index (χ3n) is 5.41. The minimum atomic E-state index is -0.0505. The fourth-order valence-electron chi connectivity index (χ4n) is 3.87. The number of alkyl halides is 1. The Balaban J connectivity index is 1.68. The fourth-order valence-corrected chi connectivity index (χ4v) is 4.06. The number of unbranched alkanes of at least 4 members (excludes halogenated alkanes) is 3. The number of halogens is 1. The summed E-state index contributed by atoms with van der Waals surface area (Å²) in [6, 6.07) is 21.0. The summed E-state index contributed by atoms with van der Waals surface area (Å²) in [6.45, 7) is 0.521. The standard InChI is InChI=1S/C25H29ClO2/c26-17-9-1-2-10-18-28-25(27)22-15-16-23(20-11-5-3-6-12-20)24(19-22)21-13-7-4-8-14-21/h3-8,11-14,22H,1-2,9-10,15-19H2. The Morgan fingerprint density at radius 1 is 0.857 bits per heavy atom. The molecular weight excluding hydrogens is 368 g/mol. The van der Waals surface area contributed by atoms with E-state index >= 15 is 0 Å². The zero-order chi connectivity index (χ0) is 19.6. The summed E-state index contributed by atoms with van der Waals surface area (Å²) in [5, 5.41) is 0. The molecule has 0 aromatic heterocycles. The van der Waals surface area contributed by atoms with E-state index in [1.165, 1.54) is 22.3 Å². The van der Waals surface area contributed by atoms with Crippen LogP contribution in [0.1, 0.15) is 56.1 Å². The van der Waals surface area contributed by atoms with E-state index in [0.717, 1.165) is 44.9 Å². The van der Waals surface area contributed by atoms with Crippen molar-refractivity contribution in [1.29, 1.82) is 0 Å². The molecule has 0 bridgehead atoms. The Hall–Kier alpha value is -2.06. The molecule has 0 saturated heterocycles. The second-order valence-electron chi connectivity index (χ2n) is 7.40. The van der Waals surface area contributed by atoms with Gasteiger partial charge in [-0.05, 0) is 54.4 Å². The predicted octanol–water partition coefficient (Wildman–Crippen LogP) is 6.74. The van der Waals surface area contributed by atoms with Crippen LogP contribution in [0.25, 0.3) is 11.1 Å². The Morgan fingerprint density at radius 3 is 2.11 bits per heavy atom. The molecule has 0 radical (unpaired) electrons. The molecule has 28 heavy (non-hydrogen) atoms.